The maximum Gasteiger partial charge on any atom is 0.339 e. The number of anilines is 2. The molecule has 1 heterocycles. The van der Waals surface area contributed by atoms with Crippen LogP contribution in [0.25, 0.3) is 0 Å². The van der Waals surface area contributed by atoms with E-state index in [0.29, 0.717) is 17.4 Å². The summed E-state index contributed by atoms with van der Waals surface area (Å²) in [6.45, 7) is 0.858. The highest BCUT2D eigenvalue weighted by Gasteiger charge is 2.20. The van der Waals surface area contributed by atoms with Crippen LogP contribution >= 0.6 is 0 Å². The molecule has 5 heteroatoms. The average molecular weight is 263 g/mol. The molecule has 0 amide bonds. The predicted molar refractivity (Wildman–Crippen MR) is 75.5 cm³/mol. The number of carbonyl (C=O) groups is 1. The fourth-order valence-corrected chi connectivity index (χ4v) is 2.78. The molecule has 0 bridgehead atoms. The van der Waals surface area contributed by atoms with Crippen LogP contribution in [0.15, 0.2) is 12.3 Å². The van der Waals surface area contributed by atoms with Crippen molar-refractivity contribution in [2.24, 2.45) is 5.92 Å². The molecular formula is C14H21N3O2. The van der Waals surface area contributed by atoms with Crippen LogP contribution in [0.1, 0.15) is 42.5 Å². The zero-order valence-corrected chi connectivity index (χ0v) is 11.3. The van der Waals surface area contributed by atoms with Crippen LogP contribution in [-0.2, 0) is 0 Å². The highest BCUT2D eigenvalue weighted by molar-refractivity contribution is 5.94. The summed E-state index contributed by atoms with van der Waals surface area (Å²) in [5.74, 6) is 0.164. The third-order valence-electron chi connectivity index (χ3n) is 3.74. The SMILES string of the molecule is CN(CC1CCCCC1)c1ncc(N)cc1C(=O)O. The van der Waals surface area contributed by atoms with Crippen molar-refractivity contribution in [3.8, 4) is 0 Å². The van der Waals surface area contributed by atoms with Crippen LogP contribution in [0, 0.1) is 5.92 Å². The lowest BCUT2D eigenvalue weighted by Crippen LogP contribution is -2.29. The van der Waals surface area contributed by atoms with Crippen LogP contribution in [0.2, 0.25) is 0 Å². The molecule has 1 aromatic rings. The molecule has 3 N–H and O–H groups in total. The van der Waals surface area contributed by atoms with Gasteiger partial charge >= 0.3 is 5.97 Å². The summed E-state index contributed by atoms with van der Waals surface area (Å²) in [6.07, 6.45) is 7.84. The highest BCUT2D eigenvalue weighted by atomic mass is 16.4. The fraction of sp³-hybridized carbons (Fsp3) is 0.571. The number of aromatic nitrogens is 1. The van der Waals surface area contributed by atoms with Gasteiger partial charge in [-0.3, -0.25) is 0 Å². The number of hydrogen-bond donors (Lipinski definition) is 2. The molecule has 0 atom stereocenters. The van der Waals surface area contributed by atoms with E-state index in [-0.39, 0.29) is 5.56 Å². The molecule has 19 heavy (non-hydrogen) atoms. The summed E-state index contributed by atoms with van der Waals surface area (Å²) >= 11 is 0. The average Bonchev–Trinajstić information content (AvgIpc) is 2.39. The van der Waals surface area contributed by atoms with E-state index in [0.717, 1.165) is 6.54 Å². The number of nitrogens with zero attached hydrogens (tertiary/aromatic N) is 2. The molecular weight excluding hydrogens is 242 g/mol. The second-order valence-electron chi connectivity index (χ2n) is 5.33. The van der Waals surface area contributed by atoms with E-state index in [9.17, 15) is 9.90 Å². The Morgan fingerprint density at radius 3 is 2.79 bits per heavy atom. The largest absolute Gasteiger partial charge is 0.478 e. The van der Waals surface area contributed by atoms with Crippen molar-refractivity contribution in [1.82, 2.24) is 4.98 Å². The molecule has 104 valence electrons. The van der Waals surface area contributed by atoms with E-state index >= 15 is 0 Å². The molecule has 0 spiro atoms. The van der Waals surface area contributed by atoms with E-state index < -0.39 is 5.97 Å². The van der Waals surface area contributed by atoms with Gasteiger partial charge in [0.2, 0.25) is 0 Å². The Morgan fingerprint density at radius 1 is 1.47 bits per heavy atom. The van der Waals surface area contributed by atoms with Gasteiger partial charge < -0.3 is 15.7 Å². The van der Waals surface area contributed by atoms with Gasteiger partial charge in [0.15, 0.2) is 0 Å². The normalized spacial score (nSPS) is 16.3. The number of pyridine rings is 1. The van der Waals surface area contributed by atoms with E-state index in [1.165, 1.54) is 44.4 Å². The van der Waals surface area contributed by atoms with Crippen molar-refractivity contribution in [3.63, 3.8) is 0 Å². The minimum atomic E-state index is -0.981. The smallest absolute Gasteiger partial charge is 0.339 e. The molecule has 0 saturated heterocycles. The van der Waals surface area contributed by atoms with Crippen molar-refractivity contribution in [2.45, 2.75) is 32.1 Å². The Labute approximate surface area is 113 Å². The van der Waals surface area contributed by atoms with Gasteiger partial charge in [0.05, 0.1) is 11.9 Å². The Bertz CT molecular complexity index is 456. The highest BCUT2D eigenvalue weighted by Crippen LogP contribution is 2.26. The summed E-state index contributed by atoms with van der Waals surface area (Å²) in [4.78, 5) is 17.4. The van der Waals surface area contributed by atoms with E-state index in [1.54, 1.807) is 0 Å². The number of carboxylic acid groups (broad SMARTS) is 1. The summed E-state index contributed by atoms with van der Waals surface area (Å²) in [5, 5.41) is 9.22. The molecule has 0 unspecified atom stereocenters. The lowest BCUT2D eigenvalue weighted by atomic mass is 9.89. The summed E-state index contributed by atoms with van der Waals surface area (Å²) in [7, 11) is 1.90. The first kappa shape index (κ1) is 13.6. The van der Waals surface area contributed by atoms with Crippen LogP contribution in [-0.4, -0.2) is 29.7 Å². The maximum absolute atomic E-state index is 11.2. The zero-order chi connectivity index (χ0) is 13.8. The van der Waals surface area contributed by atoms with Crippen LogP contribution < -0.4 is 10.6 Å². The standard InChI is InChI=1S/C14H21N3O2/c1-17(9-10-5-3-2-4-6-10)13-12(14(18)19)7-11(15)8-16-13/h7-8,10H,2-6,9,15H2,1H3,(H,18,19). The number of rotatable bonds is 4. The molecule has 1 aromatic heterocycles. The number of nitrogens with two attached hydrogens (primary N) is 1. The molecule has 1 aliphatic carbocycles. The van der Waals surface area contributed by atoms with Gasteiger partial charge in [0.25, 0.3) is 0 Å². The van der Waals surface area contributed by atoms with E-state index in [2.05, 4.69) is 4.98 Å². The topological polar surface area (TPSA) is 79.5 Å². The van der Waals surface area contributed by atoms with Gasteiger partial charge in [-0.2, -0.15) is 0 Å². The van der Waals surface area contributed by atoms with Crippen molar-refractivity contribution in [3.05, 3.63) is 17.8 Å². The Morgan fingerprint density at radius 2 is 2.16 bits per heavy atom. The van der Waals surface area contributed by atoms with Gasteiger partial charge in [-0.05, 0) is 24.8 Å². The minimum absolute atomic E-state index is 0.179. The second kappa shape index (κ2) is 5.91. The third-order valence-corrected chi connectivity index (χ3v) is 3.74. The molecule has 1 fully saturated rings. The number of aromatic carboxylic acids is 1. The van der Waals surface area contributed by atoms with Crippen molar-refractivity contribution in [1.29, 1.82) is 0 Å². The van der Waals surface area contributed by atoms with Crippen molar-refractivity contribution >= 4 is 17.5 Å². The van der Waals surface area contributed by atoms with Crippen LogP contribution in [0.4, 0.5) is 11.5 Å². The van der Waals surface area contributed by atoms with Crippen molar-refractivity contribution in [2.75, 3.05) is 24.2 Å². The predicted octanol–water partition coefficient (Wildman–Crippen LogP) is 2.38. The van der Waals surface area contributed by atoms with Gasteiger partial charge in [0, 0.05) is 13.6 Å². The second-order valence-corrected chi connectivity index (χ2v) is 5.33. The lowest BCUT2D eigenvalue weighted by Gasteiger charge is -2.28. The number of carboxylic acids is 1. The minimum Gasteiger partial charge on any atom is -0.478 e. The van der Waals surface area contributed by atoms with Gasteiger partial charge in [-0.1, -0.05) is 19.3 Å². The quantitative estimate of drug-likeness (QED) is 0.871. The Kier molecular flexibility index (Phi) is 4.24. The first-order valence-corrected chi connectivity index (χ1v) is 6.78. The van der Waals surface area contributed by atoms with E-state index in [4.69, 9.17) is 5.73 Å². The zero-order valence-electron chi connectivity index (χ0n) is 11.3. The molecule has 0 radical (unpaired) electrons. The van der Waals surface area contributed by atoms with E-state index in [1.807, 2.05) is 11.9 Å². The first-order valence-electron chi connectivity index (χ1n) is 6.78. The van der Waals surface area contributed by atoms with Gasteiger partial charge in [-0.15, -0.1) is 0 Å². The Hall–Kier alpha value is -1.78. The summed E-state index contributed by atoms with van der Waals surface area (Å²) in [5.41, 5.74) is 6.17. The van der Waals surface area contributed by atoms with Crippen molar-refractivity contribution < 1.29 is 9.90 Å². The number of hydrogen-bond acceptors (Lipinski definition) is 4. The third kappa shape index (κ3) is 3.36. The summed E-state index contributed by atoms with van der Waals surface area (Å²) in [6, 6.07) is 1.47. The lowest BCUT2D eigenvalue weighted by molar-refractivity contribution is 0.0697. The molecule has 1 saturated carbocycles. The maximum atomic E-state index is 11.2. The summed E-state index contributed by atoms with van der Waals surface area (Å²) < 4.78 is 0. The first-order chi connectivity index (χ1) is 9.08. The molecule has 2 rings (SSSR count). The van der Waals surface area contributed by atoms with Gasteiger partial charge in [0.1, 0.15) is 11.4 Å². The molecule has 0 aromatic carbocycles. The number of nitrogen functional groups attached to an aromatic ring is 1. The molecule has 1 aliphatic rings. The monoisotopic (exact) mass is 263 g/mol. The van der Waals surface area contributed by atoms with Gasteiger partial charge in [-0.25, -0.2) is 9.78 Å². The molecule has 0 aliphatic heterocycles. The molecule has 5 nitrogen and oxygen atoms in total. The van der Waals surface area contributed by atoms with Crippen LogP contribution in [0.3, 0.4) is 0 Å². The Balaban J connectivity index is 2.13. The fourth-order valence-electron chi connectivity index (χ4n) is 2.78. The van der Waals surface area contributed by atoms with Crippen LogP contribution in [0.5, 0.6) is 0 Å².